The Hall–Kier alpha value is 1.61. The fourth-order valence-electron chi connectivity index (χ4n) is 5.56. The lowest BCUT2D eigenvalue weighted by molar-refractivity contribution is 1.46. The van der Waals surface area contributed by atoms with Crippen LogP contribution in [0.15, 0.2) is 0 Å². The maximum absolute atomic E-state index is 2.97. The molecule has 0 aromatic rings. The van der Waals surface area contributed by atoms with Crippen LogP contribution in [-0.2, 0) is 0 Å². The molecular weight excluding hydrogens is 465 g/mol. The Bertz CT molecular complexity index is 491. The topological polar surface area (TPSA) is 0 Å². The van der Waals surface area contributed by atoms with Crippen LogP contribution in [0.5, 0.6) is 0 Å². The van der Waals surface area contributed by atoms with Gasteiger partial charge in [0, 0.05) is 51.3 Å². The van der Waals surface area contributed by atoms with E-state index in [9.17, 15) is 0 Å². The van der Waals surface area contributed by atoms with Gasteiger partial charge in [0.1, 0.15) is 0 Å². The molecule has 0 aliphatic carbocycles. The van der Waals surface area contributed by atoms with Gasteiger partial charge < -0.3 is 0 Å². The lowest BCUT2D eigenvalue weighted by Gasteiger charge is -2.33. The summed E-state index contributed by atoms with van der Waals surface area (Å²) < 4.78 is 0. The molecule has 0 nitrogen and oxygen atoms in total. The first kappa shape index (κ1) is 29.6. The second-order valence-corrected chi connectivity index (χ2v) is 46.8. The summed E-state index contributed by atoms with van der Waals surface area (Å²) in [4.78, 5) is 0. The van der Waals surface area contributed by atoms with Crippen LogP contribution in [0.1, 0.15) is 0 Å². The molecular formula is C20H52Si8. The summed E-state index contributed by atoms with van der Waals surface area (Å²) in [5, 5.41) is 2.97. The number of hydrogen-bond acceptors (Lipinski definition) is 0. The van der Waals surface area contributed by atoms with Gasteiger partial charge in [-0.3, -0.25) is 0 Å². The summed E-state index contributed by atoms with van der Waals surface area (Å²) in [7, 11) is -3.11. The van der Waals surface area contributed by atoms with Gasteiger partial charge in [-0.2, -0.15) is 0 Å². The first-order valence-corrected chi connectivity index (χ1v) is 34.0. The highest BCUT2D eigenvalue weighted by molar-refractivity contribution is 7.16. The molecule has 0 spiro atoms. The average molecular weight is 517 g/mol. The molecule has 0 aliphatic rings. The minimum Gasteiger partial charge on any atom is -0.114 e. The minimum absolute atomic E-state index is 0.0952. The van der Waals surface area contributed by atoms with Gasteiger partial charge in [-0.05, 0) is 14.1 Å². The summed E-state index contributed by atoms with van der Waals surface area (Å²) in [6.07, 6.45) is 0. The third-order valence-electron chi connectivity index (χ3n) is 5.20. The zero-order valence-corrected chi connectivity index (χ0v) is 29.8. The summed E-state index contributed by atoms with van der Waals surface area (Å²) in [6, 6.07) is 0. The minimum atomic E-state index is -1.09. The van der Waals surface area contributed by atoms with Gasteiger partial charge in [-0.1, -0.05) is 113 Å². The third kappa shape index (κ3) is 15.4. The van der Waals surface area contributed by atoms with Gasteiger partial charge in [-0.25, -0.2) is 0 Å². The first-order chi connectivity index (χ1) is 12.4. The standard InChI is InChI=1S/C20H52Si8/c1-21-14-26(8,9)16-23(3)18-28(12,13)20-24(4)19-27(10,11)17-22(2)15-25(5,6)7/h17H,14-16,18-20H2,1-13H3/b22-17-. The smallest absolute Gasteiger partial charge is 0.0639 e. The van der Waals surface area contributed by atoms with Crippen LogP contribution in [0.2, 0.25) is 119 Å². The molecule has 28 heavy (non-hydrogen) atoms. The quantitative estimate of drug-likeness (QED) is 0.228. The molecule has 8 heteroatoms. The lowest BCUT2D eigenvalue weighted by atomic mass is 11.7. The Morgan fingerprint density at radius 3 is 1.50 bits per heavy atom. The second kappa shape index (κ2) is 12.0. The van der Waals surface area contributed by atoms with Gasteiger partial charge in [0.25, 0.3) is 0 Å². The van der Waals surface area contributed by atoms with Crippen molar-refractivity contribution in [2.45, 2.75) is 119 Å². The van der Waals surface area contributed by atoms with E-state index in [1.165, 1.54) is 9.52 Å². The van der Waals surface area contributed by atoms with Crippen molar-refractivity contribution in [2.75, 3.05) is 0 Å². The highest BCUT2D eigenvalue weighted by Gasteiger charge is 2.32. The molecule has 0 fully saturated rings. The van der Waals surface area contributed by atoms with Crippen molar-refractivity contribution < 1.29 is 0 Å². The van der Waals surface area contributed by atoms with E-state index in [0.29, 0.717) is 0 Å². The SMILES string of the molecule is C[Si]C[Si](C)(C)C[Si](C)C[Si](C)(C)C[Si](C)C[Si](C)(C)/C=[Si](/C)C[Si](C)(C)C. The summed E-state index contributed by atoms with van der Waals surface area (Å²) in [5.41, 5.74) is 9.85. The normalized spacial score (nSPS) is 15.0. The zero-order chi connectivity index (χ0) is 22.4. The second-order valence-electron chi connectivity index (χ2n) is 13.2. The van der Waals surface area contributed by atoms with E-state index < -0.39 is 32.3 Å². The molecule has 0 aromatic heterocycles. The molecule has 4 radical (unpaired) electrons. The molecule has 164 valence electrons. The fourth-order valence-corrected chi connectivity index (χ4v) is 56.4. The van der Waals surface area contributed by atoms with Crippen LogP contribution in [0.25, 0.3) is 0 Å². The van der Waals surface area contributed by atoms with E-state index in [2.05, 4.69) is 90.4 Å². The predicted molar refractivity (Wildman–Crippen MR) is 157 cm³/mol. The molecule has 0 bridgehead atoms. The molecule has 0 N–H and O–H groups in total. The Balaban J connectivity index is 4.77. The highest BCUT2D eigenvalue weighted by atomic mass is 28.4. The van der Waals surface area contributed by atoms with Crippen LogP contribution >= 0.6 is 0 Å². The Morgan fingerprint density at radius 2 is 1.07 bits per heavy atom. The van der Waals surface area contributed by atoms with E-state index >= 15 is 0 Å². The molecule has 0 saturated heterocycles. The number of hydrogen-bond donors (Lipinski definition) is 0. The van der Waals surface area contributed by atoms with Crippen LogP contribution < -0.4 is 0 Å². The van der Waals surface area contributed by atoms with Crippen molar-refractivity contribution in [1.29, 1.82) is 0 Å². The van der Waals surface area contributed by atoms with Gasteiger partial charge in [0.05, 0.1) is 8.07 Å². The Labute approximate surface area is 191 Å². The number of rotatable bonds is 13. The van der Waals surface area contributed by atoms with Crippen molar-refractivity contribution in [2.24, 2.45) is 0 Å². The molecule has 0 saturated carbocycles. The fraction of sp³-hybridized carbons (Fsp3) is 0.950. The Kier molecular flexibility index (Phi) is 12.7. The van der Waals surface area contributed by atoms with E-state index in [1.54, 1.807) is 34.0 Å². The van der Waals surface area contributed by atoms with Crippen molar-refractivity contribution in [3.63, 3.8) is 0 Å². The van der Waals surface area contributed by atoms with Crippen LogP contribution in [0.4, 0.5) is 0 Å². The van der Waals surface area contributed by atoms with Gasteiger partial charge in [-0.15, -0.1) is 5.30 Å². The van der Waals surface area contributed by atoms with Gasteiger partial charge >= 0.3 is 0 Å². The summed E-state index contributed by atoms with van der Waals surface area (Å²) >= 11 is 0. The highest BCUT2D eigenvalue weighted by Crippen LogP contribution is 2.26. The van der Waals surface area contributed by atoms with Crippen molar-refractivity contribution in [3.05, 3.63) is 0 Å². The Morgan fingerprint density at radius 1 is 0.643 bits per heavy atom. The molecule has 0 heterocycles. The van der Waals surface area contributed by atoms with Gasteiger partial charge in [0.2, 0.25) is 0 Å². The monoisotopic (exact) mass is 516 g/mol. The van der Waals surface area contributed by atoms with Gasteiger partial charge in [0.15, 0.2) is 0 Å². The lowest BCUT2D eigenvalue weighted by Crippen LogP contribution is -2.43. The maximum atomic E-state index is 2.97. The van der Waals surface area contributed by atoms with E-state index in [4.69, 9.17) is 0 Å². The maximum Gasteiger partial charge on any atom is 0.0639 e. The molecule has 0 amide bonds. The molecule has 0 rings (SSSR count). The van der Waals surface area contributed by atoms with Crippen LogP contribution in [0.3, 0.4) is 0 Å². The van der Waals surface area contributed by atoms with Crippen molar-refractivity contribution in [3.8, 4) is 0 Å². The molecule has 0 atom stereocenters. The van der Waals surface area contributed by atoms with Crippen molar-refractivity contribution in [1.82, 2.24) is 0 Å². The first-order valence-electron chi connectivity index (χ1n) is 11.3. The van der Waals surface area contributed by atoms with E-state index in [-0.39, 0.29) is 26.0 Å². The average Bonchev–Trinajstić information content (AvgIpc) is 2.29. The van der Waals surface area contributed by atoms with Crippen LogP contribution in [-0.4, -0.2) is 73.1 Å². The molecule has 0 aromatic carbocycles. The summed E-state index contributed by atoms with van der Waals surface area (Å²) in [6.45, 7) is 34.2. The zero-order valence-electron chi connectivity index (χ0n) is 21.8. The molecule has 0 aliphatic heterocycles. The predicted octanol–water partition coefficient (Wildman–Crippen LogP) is 7.15. The van der Waals surface area contributed by atoms with Crippen LogP contribution in [0, 0.1) is 0 Å². The van der Waals surface area contributed by atoms with E-state index in [0.717, 1.165) is 0 Å². The summed E-state index contributed by atoms with van der Waals surface area (Å²) in [5.74, 6) is 0. The van der Waals surface area contributed by atoms with Crippen molar-refractivity contribution >= 4 is 73.1 Å². The van der Waals surface area contributed by atoms with E-state index in [1.807, 2.05) is 0 Å². The molecule has 0 unspecified atom stereocenters. The third-order valence-corrected chi connectivity index (χ3v) is 46.8. The largest absolute Gasteiger partial charge is 0.114 e.